The number of aliphatic hydroxyl groups excluding tert-OH is 1. The van der Waals surface area contributed by atoms with Crippen LogP contribution in [0.4, 0.5) is 0 Å². The Morgan fingerprint density at radius 3 is 2.86 bits per heavy atom. The number of halogens is 1. The van der Waals surface area contributed by atoms with Crippen molar-refractivity contribution in [3.8, 4) is 11.8 Å². The van der Waals surface area contributed by atoms with Gasteiger partial charge in [0.1, 0.15) is 0 Å². The van der Waals surface area contributed by atoms with Gasteiger partial charge >= 0.3 is 0 Å². The highest BCUT2D eigenvalue weighted by Gasteiger charge is 2.07. The Morgan fingerprint density at radius 1 is 1.48 bits per heavy atom. The zero-order chi connectivity index (χ0) is 15.7. The maximum Gasteiger partial charge on any atom is 0.251 e. The predicted octanol–water partition coefficient (Wildman–Crippen LogP) is 2.23. The van der Waals surface area contributed by atoms with Gasteiger partial charge in [-0.1, -0.05) is 23.4 Å². The summed E-state index contributed by atoms with van der Waals surface area (Å²) in [5.41, 5.74) is 1.13. The number of carbonyl (C=O) groups excluding carboxylic acids is 1. The van der Waals surface area contributed by atoms with Gasteiger partial charge in [-0.3, -0.25) is 4.79 Å². The van der Waals surface area contributed by atoms with Gasteiger partial charge in [-0.05, 0) is 32.0 Å². The van der Waals surface area contributed by atoms with Crippen LogP contribution in [0.15, 0.2) is 18.2 Å². The minimum Gasteiger partial charge on any atom is -0.395 e. The van der Waals surface area contributed by atoms with Gasteiger partial charge in [-0.2, -0.15) is 0 Å². The fraction of sp³-hybridized carbons (Fsp3) is 0.438. The zero-order valence-electron chi connectivity index (χ0n) is 12.3. The molecule has 0 atom stereocenters. The van der Waals surface area contributed by atoms with E-state index in [0.29, 0.717) is 35.7 Å². The first kappa shape index (κ1) is 17.5. The molecule has 0 aliphatic heterocycles. The van der Waals surface area contributed by atoms with Crippen LogP contribution in [0.5, 0.6) is 0 Å². The Kier molecular flexibility index (Phi) is 7.84. The van der Waals surface area contributed by atoms with Crippen molar-refractivity contribution < 1.29 is 14.6 Å². The molecule has 0 saturated heterocycles. The molecule has 21 heavy (non-hydrogen) atoms. The number of ether oxygens (including phenoxy) is 1. The minimum absolute atomic E-state index is 0.0174. The molecule has 2 N–H and O–H groups in total. The maximum absolute atomic E-state index is 11.9. The molecule has 4 nitrogen and oxygen atoms in total. The highest BCUT2D eigenvalue weighted by atomic mass is 35.5. The van der Waals surface area contributed by atoms with Crippen molar-refractivity contribution >= 4 is 17.5 Å². The van der Waals surface area contributed by atoms with E-state index in [1.54, 1.807) is 18.2 Å². The van der Waals surface area contributed by atoms with Gasteiger partial charge < -0.3 is 15.2 Å². The van der Waals surface area contributed by atoms with Crippen LogP contribution in [0, 0.1) is 11.8 Å². The first-order valence-corrected chi connectivity index (χ1v) is 7.21. The van der Waals surface area contributed by atoms with Gasteiger partial charge in [0.05, 0.1) is 24.3 Å². The fourth-order valence-corrected chi connectivity index (χ4v) is 1.76. The molecular weight excluding hydrogens is 290 g/mol. The second kappa shape index (κ2) is 9.41. The number of hydrogen-bond acceptors (Lipinski definition) is 3. The summed E-state index contributed by atoms with van der Waals surface area (Å²) >= 11 is 6.09. The normalized spacial score (nSPS) is 10.1. The van der Waals surface area contributed by atoms with Gasteiger partial charge in [-0.15, -0.1) is 0 Å². The average molecular weight is 310 g/mol. The standard InChI is InChI=1S/C16H20ClNO3/c1-12(2)21-10-8-18-16(20)14-7-6-13(15(17)11-14)5-3-4-9-19/h6-7,11-12,19H,4,8-10H2,1-2H3,(H,18,20). The first-order valence-electron chi connectivity index (χ1n) is 6.83. The first-order chi connectivity index (χ1) is 10.0. The van der Waals surface area contributed by atoms with E-state index in [2.05, 4.69) is 17.2 Å². The molecule has 1 aromatic rings. The number of nitrogens with one attached hydrogen (secondary N) is 1. The molecule has 0 radical (unpaired) electrons. The third-order valence-corrected chi connectivity index (χ3v) is 2.84. The van der Waals surface area contributed by atoms with Gasteiger partial charge in [0.15, 0.2) is 0 Å². The van der Waals surface area contributed by atoms with Crippen LogP contribution in [-0.4, -0.2) is 36.9 Å². The number of aliphatic hydroxyl groups is 1. The quantitative estimate of drug-likeness (QED) is 0.626. The van der Waals surface area contributed by atoms with Crippen molar-refractivity contribution in [3.63, 3.8) is 0 Å². The molecule has 1 rings (SSSR count). The van der Waals surface area contributed by atoms with E-state index in [1.807, 2.05) is 13.8 Å². The van der Waals surface area contributed by atoms with Crippen LogP contribution in [0.2, 0.25) is 5.02 Å². The Hall–Kier alpha value is -1.54. The summed E-state index contributed by atoms with van der Waals surface area (Å²) < 4.78 is 5.35. The molecule has 114 valence electrons. The molecule has 0 aliphatic carbocycles. The lowest BCUT2D eigenvalue weighted by atomic mass is 10.1. The summed E-state index contributed by atoms with van der Waals surface area (Å²) in [6.45, 7) is 4.83. The molecule has 0 fully saturated rings. The van der Waals surface area contributed by atoms with Gasteiger partial charge in [-0.25, -0.2) is 0 Å². The smallest absolute Gasteiger partial charge is 0.251 e. The largest absolute Gasteiger partial charge is 0.395 e. The molecule has 5 heteroatoms. The van der Waals surface area contributed by atoms with Crippen molar-refractivity contribution in [2.24, 2.45) is 0 Å². The molecule has 0 aromatic heterocycles. The Morgan fingerprint density at radius 2 is 2.24 bits per heavy atom. The monoisotopic (exact) mass is 309 g/mol. The van der Waals surface area contributed by atoms with Crippen molar-refractivity contribution in [2.75, 3.05) is 19.8 Å². The second-order valence-electron chi connectivity index (χ2n) is 4.65. The summed E-state index contributed by atoms with van der Waals surface area (Å²) in [5, 5.41) is 11.9. The van der Waals surface area contributed by atoms with E-state index >= 15 is 0 Å². The number of hydrogen-bond donors (Lipinski definition) is 2. The third kappa shape index (κ3) is 6.63. The van der Waals surface area contributed by atoms with E-state index in [9.17, 15) is 4.79 Å². The predicted molar refractivity (Wildman–Crippen MR) is 83.5 cm³/mol. The Balaban J connectivity index is 2.58. The van der Waals surface area contributed by atoms with Crippen molar-refractivity contribution in [2.45, 2.75) is 26.4 Å². The van der Waals surface area contributed by atoms with E-state index < -0.39 is 0 Å². The highest BCUT2D eigenvalue weighted by molar-refractivity contribution is 6.32. The van der Waals surface area contributed by atoms with Crippen molar-refractivity contribution in [1.82, 2.24) is 5.32 Å². The van der Waals surface area contributed by atoms with Crippen molar-refractivity contribution in [1.29, 1.82) is 0 Å². The molecule has 0 aliphatic rings. The lowest BCUT2D eigenvalue weighted by molar-refractivity contribution is 0.0746. The summed E-state index contributed by atoms with van der Waals surface area (Å²) in [5.74, 6) is 5.45. The molecule has 1 amide bonds. The molecule has 0 bridgehead atoms. The van der Waals surface area contributed by atoms with E-state index in [1.165, 1.54) is 0 Å². The van der Waals surface area contributed by atoms with Gasteiger partial charge in [0.2, 0.25) is 0 Å². The molecule has 1 aromatic carbocycles. The number of benzene rings is 1. The van der Waals surface area contributed by atoms with Crippen LogP contribution in [0.1, 0.15) is 36.2 Å². The second-order valence-corrected chi connectivity index (χ2v) is 5.05. The highest BCUT2D eigenvalue weighted by Crippen LogP contribution is 2.17. The fourth-order valence-electron chi connectivity index (χ4n) is 1.53. The maximum atomic E-state index is 11.9. The summed E-state index contributed by atoms with van der Waals surface area (Å²) in [4.78, 5) is 11.9. The van der Waals surface area contributed by atoms with E-state index in [4.69, 9.17) is 21.4 Å². The van der Waals surface area contributed by atoms with E-state index in [-0.39, 0.29) is 18.6 Å². The lowest BCUT2D eigenvalue weighted by Crippen LogP contribution is -2.28. The van der Waals surface area contributed by atoms with E-state index in [0.717, 1.165) is 0 Å². The molecule has 0 heterocycles. The van der Waals surface area contributed by atoms with Gasteiger partial charge in [0.25, 0.3) is 5.91 Å². The SMILES string of the molecule is CC(C)OCCNC(=O)c1ccc(C#CCCO)c(Cl)c1. The average Bonchev–Trinajstić information content (AvgIpc) is 2.45. The van der Waals surface area contributed by atoms with Crippen LogP contribution >= 0.6 is 11.6 Å². The van der Waals surface area contributed by atoms with Crippen molar-refractivity contribution in [3.05, 3.63) is 34.3 Å². The van der Waals surface area contributed by atoms with Crippen LogP contribution in [-0.2, 0) is 4.74 Å². The third-order valence-electron chi connectivity index (χ3n) is 2.53. The summed E-state index contributed by atoms with van der Waals surface area (Å²) in [6, 6.07) is 4.96. The molecular formula is C16H20ClNO3. The van der Waals surface area contributed by atoms with Crippen LogP contribution < -0.4 is 5.32 Å². The van der Waals surface area contributed by atoms with Crippen LogP contribution in [0.3, 0.4) is 0 Å². The zero-order valence-corrected chi connectivity index (χ0v) is 13.0. The Bertz CT molecular complexity index is 532. The molecule has 0 unspecified atom stereocenters. The molecule has 0 saturated carbocycles. The lowest BCUT2D eigenvalue weighted by Gasteiger charge is -2.09. The summed E-state index contributed by atoms with van der Waals surface area (Å²) in [6.07, 6.45) is 0.544. The van der Waals surface area contributed by atoms with Crippen LogP contribution in [0.25, 0.3) is 0 Å². The Labute approximate surface area is 130 Å². The number of rotatable bonds is 6. The molecule has 0 spiro atoms. The number of carbonyl (C=O) groups is 1. The number of amides is 1. The topological polar surface area (TPSA) is 58.6 Å². The summed E-state index contributed by atoms with van der Waals surface area (Å²) in [7, 11) is 0. The van der Waals surface area contributed by atoms with Gasteiger partial charge in [0, 0.05) is 24.1 Å². The minimum atomic E-state index is -0.195.